The summed E-state index contributed by atoms with van der Waals surface area (Å²) in [4.78, 5) is 25.2. The van der Waals surface area contributed by atoms with E-state index in [-0.39, 0.29) is 11.7 Å². The van der Waals surface area contributed by atoms with Crippen molar-refractivity contribution in [1.29, 1.82) is 0 Å². The summed E-state index contributed by atoms with van der Waals surface area (Å²) >= 11 is 0. The van der Waals surface area contributed by atoms with Crippen LogP contribution in [0.25, 0.3) is 10.9 Å². The minimum absolute atomic E-state index is 0.108. The van der Waals surface area contributed by atoms with Crippen molar-refractivity contribution >= 4 is 10.9 Å². The fourth-order valence-electron chi connectivity index (χ4n) is 3.38. The lowest BCUT2D eigenvalue weighted by Gasteiger charge is -2.32. The van der Waals surface area contributed by atoms with Gasteiger partial charge in [0.1, 0.15) is 0 Å². The number of fused-ring (bicyclic) bond motifs is 1. The van der Waals surface area contributed by atoms with Gasteiger partial charge in [-0.3, -0.25) is 14.7 Å². The Hall–Kier alpha value is -2.57. The van der Waals surface area contributed by atoms with Gasteiger partial charge in [-0.25, -0.2) is 4.98 Å². The molecule has 0 unspecified atom stereocenters. The average Bonchev–Trinajstić information content (AvgIpc) is 2.67. The molecular weight excluding hydrogens is 328 g/mol. The number of aromatic amines is 1. The highest BCUT2D eigenvalue weighted by Gasteiger charge is 2.21. The van der Waals surface area contributed by atoms with Crippen molar-refractivity contribution in [3.63, 3.8) is 0 Å². The zero-order valence-corrected chi connectivity index (χ0v) is 14.6. The minimum Gasteiger partial charge on any atom is -0.376 e. The third-order valence-corrected chi connectivity index (χ3v) is 4.72. The summed E-state index contributed by atoms with van der Waals surface area (Å²) in [7, 11) is 0. The van der Waals surface area contributed by atoms with Crippen LogP contribution in [0.2, 0.25) is 0 Å². The Morgan fingerprint density at radius 1 is 1.19 bits per heavy atom. The van der Waals surface area contributed by atoms with Gasteiger partial charge in [-0.2, -0.15) is 0 Å². The number of aromatic nitrogens is 3. The van der Waals surface area contributed by atoms with Gasteiger partial charge in [-0.1, -0.05) is 24.3 Å². The van der Waals surface area contributed by atoms with E-state index in [4.69, 9.17) is 9.72 Å². The molecule has 4 rings (SSSR count). The highest BCUT2D eigenvalue weighted by atomic mass is 16.5. The van der Waals surface area contributed by atoms with Crippen molar-refractivity contribution in [2.24, 2.45) is 0 Å². The molecule has 6 heteroatoms. The number of para-hydroxylation sites is 1. The summed E-state index contributed by atoms with van der Waals surface area (Å²) in [5.41, 5.74) is 2.82. The van der Waals surface area contributed by atoms with Crippen molar-refractivity contribution in [1.82, 2.24) is 19.9 Å². The van der Waals surface area contributed by atoms with Crippen LogP contribution in [0.15, 0.2) is 53.6 Å². The standard InChI is InChI=1S/C20H22N4O2/c25-20-11-16(21-14-22-20)7-8-18-13-24(9-10-26-18)12-17-6-5-15-3-1-2-4-19(15)23-17/h1-6,11,14,18H,7-10,12-13H2,(H,21,22,25)/t18-/m0/s1. The average molecular weight is 350 g/mol. The highest BCUT2D eigenvalue weighted by molar-refractivity contribution is 5.78. The molecule has 0 amide bonds. The number of H-pyrrole nitrogens is 1. The molecule has 0 radical (unpaired) electrons. The van der Waals surface area contributed by atoms with Crippen molar-refractivity contribution in [3.05, 3.63) is 70.5 Å². The molecule has 2 aromatic heterocycles. The van der Waals surface area contributed by atoms with Crippen molar-refractivity contribution in [2.75, 3.05) is 19.7 Å². The largest absolute Gasteiger partial charge is 0.376 e. The Kier molecular flexibility index (Phi) is 5.04. The molecule has 3 aromatic rings. The zero-order chi connectivity index (χ0) is 17.8. The fraction of sp³-hybridized carbons (Fsp3) is 0.350. The van der Waals surface area contributed by atoms with Gasteiger partial charge in [0.05, 0.1) is 30.2 Å². The number of hydrogen-bond acceptors (Lipinski definition) is 5. The molecule has 1 saturated heterocycles. The van der Waals surface area contributed by atoms with E-state index in [1.54, 1.807) is 6.07 Å². The van der Waals surface area contributed by atoms with E-state index >= 15 is 0 Å². The number of aryl methyl sites for hydroxylation is 1. The molecule has 1 aliphatic heterocycles. The van der Waals surface area contributed by atoms with Crippen LogP contribution in [-0.2, 0) is 17.7 Å². The Morgan fingerprint density at radius 3 is 3.04 bits per heavy atom. The number of nitrogens with zero attached hydrogens (tertiary/aromatic N) is 3. The minimum atomic E-state index is -0.108. The summed E-state index contributed by atoms with van der Waals surface area (Å²) in [6.07, 6.45) is 3.22. The maximum Gasteiger partial charge on any atom is 0.250 e. The van der Waals surface area contributed by atoms with E-state index in [0.29, 0.717) is 0 Å². The quantitative estimate of drug-likeness (QED) is 0.763. The van der Waals surface area contributed by atoms with Gasteiger partial charge < -0.3 is 9.72 Å². The van der Waals surface area contributed by atoms with Gasteiger partial charge in [0.2, 0.25) is 0 Å². The van der Waals surface area contributed by atoms with Gasteiger partial charge in [0.25, 0.3) is 5.56 Å². The van der Waals surface area contributed by atoms with E-state index in [1.165, 1.54) is 11.7 Å². The van der Waals surface area contributed by atoms with Crippen LogP contribution >= 0.6 is 0 Å². The molecule has 6 nitrogen and oxygen atoms in total. The molecule has 1 aliphatic rings. The van der Waals surface area contributed by atoms with Crippen molar-refractivity contribution in [3.8, 4) is 0 Å². The monoisotopic (exact) mass is 350 g/mol. The highest BCUT2D eigenvalue weighted by Crippen LogP contribution is 2.16. The number of hydrogen-bond donors (Lipinski definition) is 1. The Bertz CT molecular complexity index is 940. The van der Waals surface area contributed by atoms with Crippen LogP contribution < -0.4 is 5.56 Å². The molecule has 26 heavy (non-hydrogen) atoms. The molecule has 1 aromatic carbocycles. The fourth-order valence-corrected chi connectivity index (χ4v) is 3.38. The third-order valence-electron chi connectivity index (χ3n) is 4.72. The normalized spacial score (nSPS) is 18.2. The van der Waals surface area contributed by atoms with Gasteiger partial charge in [0.15, 0.2) is 0 Å². The Balaban J connectivity index is 1.36. The number of morpholine rings is 1. The lowest BCUT2D eigenvalue weighted by Crippen LogP contribution is -2.42. The van der Waals surface area contributed by atoms with Crippen molar-refractivity contribution in [2.45, 2.75) is 25.5 Å². The molecule has 1 atom stereocenters. The smallest absolute Gasteiger partial charge is 0.250 e. The van der Waals surface area contributed by atoms with E-state index in [2.05, 4.69) is 39.1 Å². The predicted octanol–water partition coefficient (Wildman–Crippen LogP) is 2.15. The second-order valence-corrected chi connectivity index (χ2v) is 6.66. The third kappa shape index (κ3) is 4.15. The Labute approximate surface area is 151 Å². The predicted molar refractivity (Wildman–Crippen MR) is 99.9 cm³/mol. The van der Waals surface area contributed by atoms with Crippen LogP contribution in [0, 0.1) is 0 Å². The maximum atomic E-state index is 11.3. The molecule has 3 heterocycles. The van der Waals surface area contributed by atoms with E-state index in [1.807, 2.05) is 12.1 Å². The van der Waals surface area contributed by atoms with E-state index in [0.717, 1.165) is 56.0 Å². The summed E-state index contributed by atoms with van der Waals surface area (Å²) in [5, 5.41) is 1.17. The molecule has 0 spiro atoms. The van der Waals surface area contributed by atoms with Crippen LogP contribution in [0.1, 0.15) is 17.8 Å². The van der Waals surface area contributed by atoms with Crippen LogP contribution in [0.3, 0.4) is 0 Å². The van der Waals surface area contributed by atoms with Crippen LogP contribution in [-0.4, -0.2) is 45.7 Å². The topological polar surface area (TPSA) is 71.1 Å². The van der Waals surface area contributed by atoms with E-state index < -0.39 is 0 Å². The molecule has 0 aliphatic carbocycles. The summed E-state index contributed by atoms with van der Waals surface area (Å²) in [6, 6.07) is 14.0. The van der Waals surface area contributed by atoms with Crippen molar-refractivity contribution < 1.29 is 4.74 Å². The zero-order valence-electron chi connectivity index (χ0n) is 14.6. The number of ether oxygens (including phenoxy) is 1. The van der Waals surface area contributed by atoms with Gasteiger partial charge >= 0.3 is 0 Å². The lowest BCUT2D eigenvalue weighted by atomic mass is 10.1. The SMILES string of the molecule is O=c1cc(CC[C@H]2CN(Cc3ccc4ccccc4n3)CCO2)nc[nH]1. The maximum absolute atomic E-state index is 11.3. The first kappa shape index (κ1) is 16.9. The summed E-state index contributed by atoms with van der Waals surface area (Å²) in [5.74, 6) is 0. The summed E-state index contributed by atoms with van der Waals surface area (Å²) < 4.78 is 5.89. The van der Waals surface area contributed by atoms with Crippen LogP contribution in [0.5, 0.6) is 0 Å². The molecule has 0 saturated carbocycles. The molecular formula is C20H22N4O2. The number of nitrogens with one attached hydrogen (secondary N) is 1. The first-order valence-electron chi connectivity index (χ1n) is 8.98. The number of pyridine rings is 1. The van der Waals surface area contributed by atoms with Gasteiger partial charge in [-0.05, 0) is 25.0 Å². The number of benzene rings is 1. The van der Waals surface area contributed by atoms with Gasteiger partial charge in [-0.15, -0.1) is 0 Å². The first-order valence-corrected chi connectivity index (χ1v) is 8.98. The second-order valence-electron chi connectivity index (χ2n) is 6.66. The molecule has 0 bridgehead atoms. The van der Waals surface area contributed by atoms with E-state index in [9.17, 15) is 4.79 Å². The molecule has 134 valence electrons. The van der Waals surface area contributed by atoms with Crippen LogP contribution in [0.4, 0.5) is 0 Å². The first-order chi connectivity index (χ1) is 12.8. The lowest BCUT2D eigenvalue weighted by molar-refractivity contribution is -0.0349. The molecule has 1 fully saturated rings. The van der Waals surface area contributed by atoms with Gasteiger partial charge in [0, 0.05) is 36.8 Å². The molecule has 1 N–H and O–H groups in total. The Morgan fingerprint density at radius 2 is 2.12 bits per heavy atom. The number of rotatable bonds is 5. The summed E-state index contributed by atoms with van der Waals surface area (Å²) in [6.45, 7) is 3.33. The second kappa shape index (κ2) is 7.76.